The minimum atomic E-state index is -0.0174. The van der Waals surface area contributed by atoms with E-state index in [-0.39, 0.29) is 5.91 Å². The number of aromatic nitrogens is 3. The second kappa shape index (κ2) is 8.67. The largest absolute Gasteiger partial charge is 0.351 e. The Kier molecular flexibility index (Phi) is 6.07. The van der Waals surface area contributed by atoms with Gasteiger partial charge in [0.2, 0.25) is 5.91 Å². The van der Waals surface area contributed by atoms with Crippen molar-refractivity contribution in [2.45, 2.75) is 32.0 Å². The Morgan fingerprint density at radius 2 is 1.81 bits per heavy atom. The molecular weight excluding hydrogens is 344 g/mol. The lowest BCUT2D eigenvalue weighted by atomic mass is 10.1. The van der Waals surface area contributed by atoms with Gasteiger partial charge in [-0.25, -0.2) is 0 Å². The van der Waals surface area contributed by atoms with Gasteiger partial charge in [0.05, 0.1) is 5.75 Å². The molecule has 3 rings (SSSR count). The van der Waals surface area contributed by atoms with E-state index in [1.54, 1.807) is 0 Å². The van der Waals surface area contributed by atoms with Crippen LogP contribution in [-0.4, -0.2) is 26.4 Å². The topological polar surface area (TPSA) is 59.8 Å². The summed E-state index contributed by atoms with van der Waals surface area (Å²) in [5.74, 6) is 1.18. The van der Waals surface area contributed by atoms with E-state index >= 15 is 0 Å². The highest BCUT2D eigenvalue weighted by molar-refractivity contribution is 7.99. The molecule has 0 aliphatic carbocycles. The van der Waals surface area contributed by atoms with Crippen LogP contribution in [0.5, 0.6) is 0 Å². The SMILES string of the molecule is CCc1nnc(SCC(=O)NCc2ccc(C)cc2)n1-c1ccccc1. The molecule has 0 aliphatic heterocycles. The van der Waals surface area contributed by atoms with Crippen molar-refractivity contribution >= 4 is 17.7 Å². The zero-order valence-electron chi connectivity index (χ0n) is 15.0. The first-order chi connectivity index (χ1) is 12.7. The standard InChI is InChI=1S/C20H22N4OS/c1-3-18-22-23-20(24(18)17-7-5-4-6-8-17)26-14-19(25)21-13-16-11-9-15(2)10-12-16/h4-12H,3,13-14H2,1-2H3,(H,21,25). The number of thioether (sulfide) groups is 1. The van der Waals surface area contributed by atoms with Gasteiger partial charge in [-0.2, -0.15) is 0 Å². The van der Waals surface area contributed by atoms with Gasteiger partial charge in [0.25, 0.3) is 0 Å². The van der Waals surface area contributed by atoms with Crippen molar-refractivity contribution in [1.29, 1.82) is 0 Å². The highest BCUT2D eigenvalue weighted by Crippen LogP contribution is 2.22. The molecular formula is C20H22N4OS. The van der Waals surface area contributed by atoms with E-state index in [9.17, 15) is 4.79 Å². The first-order valence-corrected chi connectivity index (χ1v) is 9.60. The monoisotopic (exact) mass is 366 g/mol. The van der Waals surface area contributed by atoms with Crippen molar-refractivity contribution < 1.29 is 4.79 Å². The van der Waals surface area contributed by atoms with Crippen LogP contribution in [0.3, 0.4) is 0 Å². The molecule has 6 heteroatoms. The maximum Gasteiger partial charge on any atom is 0.230 e. The van der Waals surface area contributed by atoms with Crippen LogP contribution in [0.25, 0.3) is 5.69 Å². The third-order valence-electron chi connectivity index (χ3n) is 3.97. The fourth-order valence-electron chi connectivity index (χ4n) is 2.55. The lowest BCUT2D eigenvalue weighted by Crippen LogP contribution is -2.24. The third kappa shape index (κ3) is 4.52. The van der Waals surface area contributed by atoms with Gasteiger partial charge in [-0.15, -0.1) is 10.2 Å². The number of benzene rings is 2. The van der Waals surface area contributed by atoms with E-state index in [1.165, 1.54) is 17.3 Å². The van der Waals surface area contributed by atoms with Gasteiger partial charge in [0, 0.05) is 18.7 Å². The van der Waals surface area contributed by atoms with Crippen LogP contribution in [0.2, 0.25) is 0 Å². The molecule has 0 unspecified atom stereocenters. The number of rotatable bonds is 7. The van der Waals surface area contributed by atoms with Crippen LogP contribution in [0, 0.1) is 6.92 Å². The normalized spacial score (nSPS) is 10.7. The number of nitrogens with zero attached hydrogens (tertiary/aromatic N) is 3. The zero-order chi connectivity index (χ0) is 18.4. The predicted octanol–water partition coefficient (Wildman–Crippen LogP) is 3.55. The van der Waals surface area contributed by atoms with Crippen LogP contribution in [0.15, 0.2) is 59.8 Å². The van der Waals surface area contributed by atoms with Gasteiger partial charge >= 0.3 is 0 Å². The molecule has 2 aromatic carbocycles. The van der Waals surface area contributed by atoms with E-state index in [0.717, 1.165) is 28.7 Å². The molecule has 1 N–H and O–H groups in total. The predicted molar refractivity (Wildman–Crippen MR) is 104 cm³/mol. The Morgan fingerprint density at radius 3 is 2.50 bits per heavy atom. The summed E-state index contributed by atoms with van der Waals surface area (Å²) in [4.78, 5) is 12.2. The summed E-state index contributed by atoms with van der Waals surface area (Å²) in [6, 6.07) is 18.1. The van der Waals surface area contributed by atoms with E-state index in [1.807, 2.05) is 73.0 Å². The minimum Gasteiger partial charge on any atom is -0.351 e. The number of aryl methyl sites for hydroxylation is 2. The molecule has 1 heterocycles. The van der Waals surface area contributed by atoms with Crippen molar-refractivity contribution in [3.63, 3.8) is 0 Å². The zero-order valence-corrected chi connectivity index (χ0v) is 15.8. The molecule has 0 aliphatic rings. The molecule has 1 amide bonds. The van der Waals surface area contributed by atoms with Gasteiger partial charge in [-0.1, -0.05) is 66.7 Å². The maximum absolute atomic E-state index is 12.2. The molecule has 0 fully saturated rings. The van der Waals surface area contributed by atoms with E-state index in [0.29, 0.717) is 12.3 Å². The third-order valence-corrected chi connectivity index (χ3v) is 4.90. The smallest absolute Gasteiger partial charge is 0.230 e. The summed E-state index contributed by atoms with van der Waals surface area (Å²) in [5.41, 5.74) is 3.31. The molecule has 3 aromatic rings. The Morgan fingerprint density at radius 1 is 1.08 bits per heavy atom. The number of nitrogens with one attached hydrogen (secondary N) is 1. The summed E-state index contributed by atoms with van der Waals surface area (Å²) in [7, 11) is 0. The summed E-state index contributed by atoms with van der Waals surface area (Å²) < 4.78 is 2.01. The molecule has 26 heavy (non-hydrogen) atoms. The van der Waals surface area contributed by atoms with Crippen LogP contribution in [0.1, 0.15) is 23.9 Å². The molecule has 0 radical (unpaired) electrons. The number of carbonyl (C=O) groups is 1. The van der Waals surface area contributed by atoms with Gasteiger partial charge in [-0.3, -0.25) is 9.36 Å². The number of para-hydroxylation sites is 1. The number of amides is 1. The van der Waals surface area contributed by atoms with Crippen molar-refractivity contribution in [2.75, 3.05) is 5.75 Å². The summed E-state index contributed by atoms with van der Waals surface area (Å²) in [5, 5.41) is 12.2. The van der Waals surface area contributed by atoms with Crippen LogP contribution in [-0.2, 0) is 17.8 Å². The minimum absolute atomic E-state index is 0.0174. The molecule has 5 nitrogen and oxygen atoms in total. The average molecular weight is 366 g/mol. The summed E-state index contributed by atoms with van der Waals surface area (Å²) >= 11 is 1.40. The Balaban J connectivity index is 1.62. The second-order valence-corrected chi connectivity index (χ2v) is 6.92. The van der Waals surface area contributed by atoms with Crippen molar-refractivity contribution in [2.24, 2.45) is 0 Å². The van der Waals surface area contributed by atoms with Gasteiger partial charge in [0.15, 0.2) is 5.16 Å². The molecule has 0 saturated carbocycles. The number of hydrogen-bond acceptors (Lipinski definition) is 4. The molecule has 0 saturated heterocycles. The fraction of sp³-hybridized carbons (Fsp3) is 0.250. The van der Waals surface area contributed by atoms with Crippen LogP contribution < -0.4 is 5.32 Å². The van der Waals surface area contributed by atoms with E-state index < -0.39 is 0 Å². The Labute approximate surface area is 157 Å². The van der Waals surface area contributed by atoms with Crippen molar-refractivity contribution in [3.05, 3.63) is 71.5 Å². The molecule has 1 aromatic heterocycles. The van der Waals surface area contributed by atoms with Crippen LogP contribution in [0.4, 0.5) is 0 Å². The van der Waals surface area contributed by atoms with E-state index in [2.05, 4.69) is 15.5 Å². The van der Waals surface area contributed by atoms with Crippen LogP contribution >= 0.6 is 11.8 Å². The van der Waals surface area contributed by atoms with E-state index in [4.69, 9.17) is 0 Å². The maximum atomic E-state index is 12.2. The molecule has 0 bridgehead atoms. The lowest BCUT2D eigenvalue weighted by Gasteiger charge is -2.09. The second-order valence-electron chi connectivity index (χ2n) is 5.97. The Bertz CT molecular complexity index is 859. The summed E-state index contributed by atoms with van der Waals surface area (Å²) in [6.07, 6.45) is 0.780. The van der Waals surface area contributed by atoms with Gasteiger partial charge in [-0.05, 0) is 24.6 Å². The van der Waals surface area contributed by atoms with Crippen molar-refractivity contribution in [1.82, 2.24) is 20.1 Å². The van der Waals surface area contributed by atoms with Gasteiger partial charge < -0.3 is 5.32 Å². The first kappa shape index (κ1) is 18.2. The summed E-state index contributed by atoms with van der Waals surface area (Å²) in [6.45, 7) is 4.63. The molecule has 0 atom stereocenters. The van der Waals surface area contributed by atoms with Gasteiger partial charge in [0.1, 0.15) is 5.82 Å². The number of hydrogen-bond donors (Lipinski definition) is 1. The number of carbonyl (C=O) groups excluding carboxylic acids is 1. The highest BCUT2D eigenvalue weighted by Gasteiger charge is 2.14. The quantitative estimate of drug-likeness (QED) is 0.650. The fourth-order valence-corrected chi connectivity index (χ4v) is 3.35. The Hall–Kier alpha value is -2.60. The molecule has 134 valence electrons. The van der Waals surface area contributed by atoms with Crippen molar-refractivity contribution in [3.8, 4) is 5.69 Å². The highest BCUT2D eigenvalue weighted by atomic mass is 32.2. The lowest BCUT2D eigenvalue weighted by molar-refractivity contribution is -0.118. The molecule has 0 spiro atoms. The first-order valence-electron chi connectivity index (χ1n) is 8.62. The average Bonchev–Trinajstić information content (AvgIpc) is 3.09.